The van der Waals surface area contributed by atoms with Crippen molar-refractivity contribution in [1.29, 1.82) is 0 Å². The first kappa shape index (κ1) is 11.1. The van der Waals surface area contributed by atoms with Crippen molar-refractivity contribution in [3.63, 3.8) is 0 Å². The molecule has 1 N–H and O–H groups in total. The topological polar surface area (TPSA) is 49.2 Å². The van der Waals surface area contributed by atoms with Crippen LogP contribution in [0.3, 0.4) is 0 Å². The van der Waals surface area contributed by atoms with E-state index in [1.54, 1.807) is 0 Å². The minimum atomic E-state index is -0.0824. The van der Waals surface area contributed by atoms with Crippen LogP contribution >= 0.6 is 22.6 Å². The van der Waals surface area contributed by atoms with Crippen molar-refractivity contribution in [1.82, 2.24) is 9.97 Å². The lowest BCUT2D eigenvalue weighted by Gasteiger charge is -2.34. The van der Waals surface area contributed by atoms with E-state index >= 15 is 0 Å². The van der Waals surface area contributed by atoms with Gasteiger partial charge < -0.3 is 10.0 Å². The Balaban J connectivity index is 1.90. The van der Waals surface area contributed by atoms with Gasteiger partial charge in [0.05, 0.1) is 6.10 Å². The number of aliphatic hydroxyl groups is 1. The summed E-state index contributed by atoms with van der Waals surface area (Å²) in [5.41, 5.74) is 0. The monoisotopic (exact) mass is 319 g/mol. The Labute approximate surface area is 103 Å². The largest absolute Gasteiger partial charge is 0.393 e. The molecule has 0 radical (unpaired) electrons. The molecule has 0 aliphatic heterocycles. The lowest BCUT2D eigenvalue weighted by Crippen LogP contribution is -2.37. The first-order chi connectivity index (χ1) is 7.15. The second-order valence-corrected chi connectivity index (χ2v) is 5.32. The Morgan fingerprint density at radius 1 is 1.47 bits per heavy atom. The maximum atomic E-state index is 9.19. The van der Waals surface area contributed by atoms with Gasteiger partial charge in [-0.25, -0.2) is 9.97 Å². The Morgan fingerprint density at radius 3 is 2.60 bits per heavy atom. The maximum absolute atomic E-state index is 9.19. The van der Waals surface area contributed by atoms with Gasteiger partial charge in [0.25, 0.3) is 0 Å². The molecule has 0 spiro atoms. The van der Waals surface area contributed by atoms with E-state index in [9.17, 15) is 5.11 Å². The molecule has 0 atom stereocenters. The third kappa shape index (κ3) is 2.78. The van der Waals surface area contributed by atoms with Crippen molar-refractivity contribution in [2.45, 2.75) is 18.9 Å². The molecule has 1 fully saturated rings. The normalized spacial score (nSPS) is 24.7. The summed E-state index contributed by atoms with van der Waals surface area (Å²) in [6.45, 7) is 0.928. The summed E-state index contributed by atoms with van der Waals surface area (Å²) in [6, 6.07) is 0. The molecule has 0 saturated heterocycles. The molecule has 1 aliphatic rings. The first-order valence-electron chi connectivity index (χ1n) is 5.02. The van der Waals surface area contributed by atoms with Gasteiger partial charge in [0.15, 0.2) is 0 Å². The predicted octanol–water partition coefficient (Wildman–Crippen LogP) is 1.29. The fourth-order valence-electron chi connectivity index (χ4n) is 1.82. The van der Waals surface area contributed by atoms with Crippen LogP contribution in [0, 0.1) is 9.49 Å². The fraction of sp³-hybridized carbons (Fsp3) is 0.600. The van der Waals surface area contributed by atoms with Crippen LogP contribution in [0.4, 0.5) is 5.95 Å². The van der Waals surface area contributed by atoms with E-state index in [0.717, 1.165) is 28.9 Å². The van der Waals surface area contributed by atoms with Crippen molar-refractivity contribution in [2.24, 2.45) is 5.92 Å². The second-order valence-electron chi connectivity index (χ2n) is 4.07. The molecule has 0 aromatic carbocycles. The maximum Gasteiger partial charge on any atom is 0.225 e. The van der Waals surface area contributed by atoms with Crippen molar-refractivity contribution >= 4 is 28.5 Å². The van der Waals surface area contributed by atoms with E-state index in [1.807, 2.05) is 24.3 Å². The van der Waals surface area contributed by atoms with Gasteiger partial charge >= 0.3 is 0 Å². The van der Waals surface area contributed by atoms with E-state index in [0.29, 0.717) is 5.92 Å². The molecule has 4 nitrogen and oxygen atoms in total. The average molecular weight is 319 g/mol. The van der Waals surface area contributed by atoms with Crippen LogP contribution in [-0.4, -0.2) is 34.8 Å². The fourth-order valence-corrected chi connectivity index (χ4v) is 2.10. The number of anilines is 1. The van der Waals surface area contributed by atoms with Gasteiger partial charge in [0.2, 0.25) is 5.95 Å². The minimum absolute atomic E-state index is 0.0824. The van der Waals surface area contributed by atoms with E-state index in [4.69, 9.17) is 0 Å². The van der Waals surface area contributed by atoms with Gasteiger partial charge in [-0.2, -0.15) is 0 Å². The van der Waals surface area contributed by atoms with E-state index in [-0.39, 0.29) is 6.10 Å². The second kappa shape index (κ2) is 4.61. The van der Waals surface area contributed by atoms with Gasteiger partial charge in [0.1, 0.15) is 0 Å². The SMILES string of the molecule is CN(CC1CC(O)C1)c1ncc(I)cn1. The first-order valence-corrected chi connectivity index (χ1v) is 6.10. The molecule has 15 heavy (non-hydrogen) atoms. The van der Waals surface area contributed by atoms with Gasteiger partial charge in [-0.1, -0.05) is 0 Å². The molecule has 0 bridgehead atoms. The van der Waals surface area contributed by atoms with Crippen LogP contribution in [-0.2, 0) is 0 Å². The Hall–Kier alpha value is -0.430. The summed E-state index contributed by atoms with van der Waals surface area (Å²) in [7, 11) is 1.99. The molecule has 0 amide bonds. The molecular weight excluding hydrogens is 305 g/mol. The highest BCUT2D eigenvalue weighted by Gasteiger charge is 2.28. The van der Waals surface area contributed by atoms with E-state index in [2.05, 4.69) is 32.6 Å². The summed E-state index contributed by atoms with van der Waals surface area (Å²) in [6.07, 6.45) is 5.37. The van der Waals surface area contributed by atoms with Crippen molar-refractivity contribution < 1.29 is 5.11 Å². The molecule has 1 aromatic heterocycles. The molecular formula is C10H14IN3O. The highest BCUT2D eigenvalue weighted by molar-refractivity contribution is 14.1. The molecule has 1 aliphatic carbocycles. The predicted molar refractivity (Wildman–Crippen MR) is 66.7 cm³/mol. The zero-order chi connectivity index (χ0) is 10.8. The number of hydrogen-bond donors (Lipinski definition) is 1. The molecule has 0 unspecified atom stereocenters. The molecule has 1 saturated carbocycles. The lowest BCUT2D eigenvalue weighted by molar-refractivity contribution is 0.0463. The van der Waals surface area contributed by atoms with Crippen LogP contribution in [0.5, 0.6) is 0 Å². The van der Waals surface area contributed by atoms with Crippen LogP contribution in [0.25, 0.3) is 0 Å². The molecule has 82 valence electrons. The van der Waals surface area contributed by atoms with Gasteiger partial charge in [-0.3, -0.25) is 0 Å². The minimum Gasteiger partial charge on any atom is -0.393 e. The van der Waals surface area contributed by atoms with Crippen LogP contribution < -0.4 is 4.90 Å². The number of rotatable bonds is 3. The van der Waals surface area contributed by atoms with Crippen LogP contribution in [0.15, 0.2) is 12.4 Å². The van der Waals surface area contributed by atoms with Crippen LogP contribution in [0.2, 0.25) is 0 Å². The van der Waals surface area contributed by atoms with E-state index < -0.39 is 0 Å². The molecule has 2 rings (SSSR count). The number of halogens is 1. The summed E-state index contributed by atoms with van der Waals surface area (Å²) in [4.78, 5) is 10.6. The van der Waals surface area contributed by atoms with E-state index in [1.165, 1.54) is 0 Å². The Bertz CT molecular complexity index is 324. The average Bonchev–Trinajstić information content (AvgIpc) is 2.16. The smallest absolute Gasteiger partial charge is 0.225 e. The zero-order valence-electron chi connectivity index (χ0n) is 8.60. The van der Waals surface area contributed by atoms with Crippen molar-refractivity contribution in [3.8, 4) is 0 Å². The number of hydrogen-bond acceptors (Lipinski definition) is 4. The number of aliphatic hydroxyl groups excluding tert-OH is 1. The summed E-state index contributed by atoms with van der Waals surface area (Å²) < 4.78 is 1.05. The summed E-state index contributed by atoms with van der Waals surface area (Å²) >= 11 is 2.19. The van der Waals surface area contributed by atoms with Gasteiger partial charge in [-0.15, -0.1) is 0 Å². The van der Waals surface area contributed by atoms with Crippen molar-refractivity contribution in [3.05, 3.63) is 16.0 Å². The molecule has 1 aromatic rings. The molecule has 5 heteroatoms. The molecule has 1 heterocycles. The van der Waals surface area contributed by atoms with Gasteiger partial charge in [0, 0.05) is 29.6 Å². The number of aromatic nitrogens is 2. The Morgan fingerprint density at radius 2 is 2.07 bits per heavy atom. The summed E-state index contributed by atoms with van der Waals surface area (Å²) in [5.74, 6) is 1.35. The van der Waals surface area contributed by atoms with Crippen molar-refractivity contribution in [2.75, 3.05) is 18.5 Å². The standard InChI is InChI=1S/C10H14IN3O/c1-14(6-7-2-9(15)3-7)10-12-4-8(11)5-13-10/h4-5,7,9,15H,2-3,6H2,1H3. The number of nitrogens with zero attached hydrogens (tertiary/aromatic N) is 3. The zero-order valence-corrected chi connectivity index (χ0v) is 10.8. The highest BCUT2D eigenvalue weighted by atomic mass is 127. The summed E-state index contributed by atoms with van der Waals surface area (Å²) in [5, 5.41) is 9.19. The Kier molecular flexibility index (Phi) is 3.40. The third-order valence-electron chi connectivity index (χ3n) is 2.69. The van der Waals surface area contributed by atoms with Gasteiger partial charge in [-0.05, 0) is 41.4 Å². The highest BCUT2D eigenvalue weighted by Crippen LogP contribution is 2.28. The lowest BCUT2D eigenvalue weighted by atomic mass is 9.82. The third-order valence-corrected chi connectivity index (χ3v) is 3.25. The quantitative estimate of drug-likeness (QED) is 0.853. The van der Waals surface area contributed by atoms with Crippen LogP contribution in [0.1, 0.15) is 12.8 Å².